The number of carbonyl (C=O) groups excluding carboxylic acids is 1. The summed E-state index contributed by atoms with van der Waals surface area (Å²) in [7, 11) is -4.21. The van der Waals surface area contributed by atoms with Crippen LogP contribution in [0.3, 0.4) is 0 Å². The maximum absolute atomic E-state index is 14.4. The summed E-state index contributed by atoms with van der Waals surface area (Å²) in [5.74, 6) is -1.52. The van der Waals surface area contributed by atoms with E-state index >= 15 is 0 Å². The second kappa shape index (κ2) is 9.72. The van der Waals surface area contributed by atoms with E-state index in [1.165, 1.54) is 36.5 Å². The van der Waals surface area contributed by atoms with Crippen LogP contribution >= 0.6 is 11.6 Å². The molecular weight excluding hydrogens is 441 g/mol. The lowest BCUT2D eigenvalue weighted by atomic mass is 10.2. The van der Waals surface area contributed by atoms with Crippen LogP contribution in [0.1, 0.15) is 11.1 Å². The zero-order valence-electron chi connectivity index (χ0n) is 16.5. The van der Waals surface area contributed by atoms with Crippen molar-refractivity contribution in [1.82, 2.24) is 5.43 Å². The summed E-state index contributed by atoms with van der Waals surface area (Å²) < 4.78 is 41.5. The first-order valence-electron chi connectivity index (χ1n) is 9.19. The van der Waals surface area contributed by atoms with Gasteiger partial charge in [0, 0.05) is 10.6 Å². The highest BCUT2D eigenvalue weighted by atomic mass is 35.5. The largest absolute Gasteiger partial charge is 0.271 e. The van der Waals surface area contributed by atoms with Crippen LogP contribution < -0.4 is 9.73 Å². The zero-order chi connectivity index (χ0) is 22.4. The third-order valence-corrected chi connectivity index (χ3v) is 6.43. The van der Waals surface area contributed by atoms with Crippen molar-refractivity contribution in [3.63, 3.8) is 0 Å². The minimum Gasteiger partial charge on any atom is -0.271 e. The first kappa shape index (κ1) is 22.5. The monoisotopic (exact) mass is 459 g/mol. The van der Waals surface area contributed by atoms with Crippen LogP contribution in [-0.2, 0) is 14.8 Å². The number of aryl methyl sites for hydroxylation is 1. The number of amides is 1. The molecule has 3 aromatic rings. The molecule has 0 aliphatic rings. The van der Waals surface area contributed by atoms with E-state index in [2.05, 4.69) is 10.5 Å². The number of hydrazone groups is 1. The molecule has 6 nitrogen and oxygen atoms in total. The number of para-hydroxylation sites is 1. The summed E-state index contributed by atoms with van der Waals surface area (Å²) in [5, 5.41) is 4.25. The molecule has 0 saturated carbocycles. The van der Waals surface area contributed by atoms with Crippen molar-refractivity contribution in [1.29, 1.82) is 0 Å². The molecule has 0 unspecified atom stereocenters. The zero-order valence-corrected chi connectivity index (χ0v) is 18.1. The van der Waals surface area contributed by atoms with E-state index in [0.717, 1.165) is 11.6 Å². The molecule has 0 radical (unpaired) electrons. The third-order valence-electron chi connectivity index (χ3n) is 4.32. The predicted molar refractivity (Wildman–Crippen MR) is 119 cm³/mol. The molecule has 0 spiro atoms. The van der Waals surface area contributed by atoms with E-state index in [-0.39, 0.29) is 10.6 Å². The van der Waals surface area contributed by atoms with Gasteiger partial charge in [-0.2, -0.15) is 5.10 Å². The summed E-state index contributed by atoms with van der Waals surface area (Å²) in [6.07, 6.45) is 1.34. The van der Waals surface area contributed by atoms with Gasteiger partial charge in [0.25, 0.3) is 15.9 Å². The van der Waals surface area contributed by atoms with Gasteiger partial charge in [-0.3, -0.25) is 9.10 Å². The van der Waals surface area contributed by atoms with Crippen LogP contribution in [0, 0.1) is 12.7 Å². The summed E-state index contributed by atoms with van der Waals surface area (Å²) in [6.45, 7) is 1.15. The number of hydrogen-bond acceptors (Lipinski definition) is 4. The molecule has 1 N–H and O–H groups in total. The molecule has 160 valence electrons. The normalized spacial score (nSPS) is 11.5. The number of hydrogen-bond donors (Lipinski definition) is 1. The Morgan fingerprint density at radius 2 is 1.71 bits per heavy atom. The van der Waals surface area contributed by atoms with Crippen LogP contribution in [0.4, 0.5) is 10.1 Å². The smallest absolute Gasteiger partial charge is 0.264 e. The Bertz CT molecular complexity index is 1210. The maximum atomic E-state index is 14.4. The number of rotatable bonds is 7. The first-order chi connectivity index (χ1) is 14.8. The lowest BCUT2D eigenvalue weighted by Crippen LogP contribution is -2.40. The summed E-state index contributed by atoms with van der Waals surface area (Å²) >= 11 is 6.03. The lowest BCUT2D eigenvalue weighted by Gasteiger charge is -2.24. The van der Waals surface area contributed by atoms with E-state index < -0.39 is 28.3 Å². The third kappa shape index (κ3) is 5.48. The van der Waals surface area contributed by atoms with Gasteiger partial charge in [-0.05, 0) is 37.3 Å². The Morgan fingerprint density at radius 1 is 1.06 bits per heavy atom. The molecule has 0 saturated heterocycles. The Morgan fingerprint density at radius 3 is 2.39 bits per heavy atom. The number of nitrogens with one attached hydrogen (secondary N) is 1. The topological polar surface area (TPSA) is 78.8 Å². The molecular formula is C22H19ClFN3O3S. The lowest BCUT2D eigenvalue weighted by molar-refractivity contribution is -0.119. The van der Waals surface area contributed by atoms with E-state index in [9.17, 15) is 17.6 Å². The number of halogens is 2. The van der Waals surface area contributed by atoms with Gasteiger partial charge in [-0.15, -0.1) is 0 Å². The summed E-state index contributed by atoms with van der Waals surface area (Å²) in [4.78, 5) is 12.4. The number of sulfonamides is 1. The fourth-order valence-corrected chi connectivity index (χ4v) is 4.32. The molecule has 0 aliphatic carbocycles. The fraction of sp³-hybridized carbons (Fsp3) is 0.0909. The number of benzene rings is 3. The number of carbonyl (C=O) groups is 1. The number of anilines is 1. The van der Waals surface area contributed by atoms with Crippen molar-refractivity contribution in [3.8, 4) is 0 Å². The van der Waals surface area contributed by atoms with Gasteiger partial charge in [-0.25, -0.2) is 18.2 Å². The first-order valence-corrected chi connectivity index (χ1v) is 11.0. The molecule has 3 aromatic carbocycles. The van der Waals surface area contributed by atoms with Gasteiger partial charge in [0.15, 0.2) is 0 Å². The highest BCUT2D eigenvalue weighted by molar-refractivity contribution is 7.92. The fourth-order valence-electron chi connectivity index (χ4n) is 2.71. The van der Waals surface area contributed by atoms with Crippen LogP contribution in [0.2, 0.25) is 5.02 Å². The highest BCUT2D eigenvalue weighted by Crippen LogP contribution is 2.26. The average Bonchev–Trinajstić information content (AvgIpc) is 2.74. The van der Waals surface area contributed by atoms with E-state index in [0.29, 0.717) is 14.9 Å². The second-order valence-corrected chi connectivity index (χ2v) is 8.86. The summed E-state index contributed by atoms with van der Waals surface area (Å²) in [6, 6.07) is 18.3. The molecule has 9 heteroatoms. The Kier molecular flexibility index (Phi) is 7.04. The van der Waals surface area contributed by atoms with Gasteiger partial charge in [0.2, 0.25) is 0 Å². The van der Waals surface area contributed by atoms with Gasteiger partial charge in [0.1, 0.15) is 12.4 Å². The van der Waals surface area contributed by atoms with Gasteiger partial charge < -0.3 is 0 Å². The van der Waals surface area contributed by atoms with Gasteiger partial charge in [0.05, 0.1) is 16.8 Å². The second-order valence-electron chi connectivity index (χ2n) is 6.59. The predicted octanol–water partition coefficient (Wildman–Crippen LogP) is 4.13. The number of nitrogens with zero attached hydrogens (tertiary/aromatic N) is 2. The molecule has 3 rings (SSSR count). The molecule has 1 amide bonds. The van der Waals surface area contributed by atoms with E-state index in [4.69, 9.17) is 11.6 Å². The molecule has 0 atom stereocenters. The minimum absolute atomic E-state index is 0.0614. The van der Waals surface area contributed by atoms with E-state index in [1.54, 1.807) is 36.4 Å². The summed E-state index contributed by atoms with van der Waals surface area (Å²) in [5.41, 5.74) is 3.45. The Balaban J connectivity index is 1.87. The Hall–Kier alpha value is -3.23. The Labute approximate surface area is 185 Å². The van der Waals surface area contributed by atoms with E-state index in [1.807, 2.05) is 6.92 Å². The standard InChI is InChI=1S/C22H19ClFN3O3S/c1-16-10-12-18(13-11-16)31(29,30)27(21-9-5-4-8-20(21)24)15-22(28)26-25-14-17-6-2-3-7-19(17)23/h2-14H,15H2,1H3,(H,26,28)/b25-14-. The molecule has 31 heavy (non-hydrogen) atoms. The molecule has 0 aliphatic heterocycles. The highest BCUT2D eigenvalue weighted by Gasteiger charge is 2.29. The SMILES string of the molecule is Cc1ccc(S(=O)(=O)N(CC(=O)N/N=C\c2ccccc2Cl)c2ccccc2F)cc1. The minimum atomic E-state index is -4.21. The van der Waals surface area contributed by atoms with Crippen molar-refractivity contribution < 1.29 is 17.6 Å². The molecule has 0 heterocycles. The van der Waals surface area contributed by atoms with Crippen LogP contribution in [0.5, 0.6) is 0 Å². The van der Waals surface area contributed by atoms with Crippen LogP contribution in [-0.4, -0.2) is 27.1 Å². The maximum Gasteiger partial charge on any atom is 0.264 e. The van der Waals surface area contributed by atoms with Crippen molar-refractivity contribution in [2.45, 2.75) is 11.8 Å². The average molecular weight is 460 g/mol. The quantitative estimate of drug-likeness (QED) is 0.426. The van der Waals surface area contributed by atoms with Crippen molar-refractivity contribution in [2.24, 2.45) is 5.10 Å². The van der Waals surface area contributed by atoms with Crippen molar-refractivity contribution in [2.75, 3.05) is 10.8 Å². The van der Waals surface area contributed by atoms with Crippen LogP contribution in [0.25, 0.3) is 0 Å². The molecule has 0 aromatic heterocycles. The van der Waals surface area contributed by atoms with Crippen LogP contribution in [0.15, 0.2) is 82.8 Å². The van der Waals surface area contributed by atoms with Crippen molar-refractivity contribution in [3.05, 3.63) is 94.8 Å². The van der Waals surface area contributed by atoms with Crippen molar-refractivity contribution >= 4 is 39.4 Å². The molecule has 0 bridgehead atoms. The molecule has 0 fully saturated rings. The van der Waals surface area contributed by atoms with Gasteiger partial charge >= 0.3 is 0 Å². The van der Waals surface area contributed by atoms with Gasteiger partial charge in [-0.1, -0.05) is 59.6 Å².